The van der Waals surface area contributed by atoms with Gasteiger partial charge in [-0.2, -0.15) is 0 Å². The van der Waals surface area contributed by atoms with Crippen LogP contribution in [-0.2, 0) is 11.8 Å². The fraction of sp³-hybridized carbons (Fsp3) is 0.429. The van der Waals surface area contributed by atoms with Crippen LogP contribution in [0.3, 0.4) is 0 Å². The number of rotatable bonds is 4. The van der Waals surface area contributed by atoms with E-state index in [2.05, 4.69) is 10.3 Å². The molecule has 1 amide bonds. The Morgan fingerprint density at radius 3 is 2.89 bits per heavy atom. The summed E-state index contributed by atoms with van der Waals surface area (Å²) >= 11 is 0. The average molecular weight is 260 g/mol. The molecule has 3 N–H and O–H groups in total. The quantitative estimate of drug-likeness (QED) is 0.881. The Morgan fingerprint density at radius 2 is 2.21 bits per heavy atom. The van der Waals surface area contributed by atoms with E-state index in [4.69, 9.17) is 5.73 Å². The highest BCUT2D eigenvalue weighted by atomic mass is 16.2. The van der Waals surface area contributed by atoms with Crippen molar-refractivity contribution >= 4 is 22.6 Å². The second-order valence-corrected chi connectivity index (χ2v) is 5.44. The van der Waals surface area contributed by atoms with Crippen LogP contribution in [-0.4, -0.2) is 22.0 Å². The molecular weight excluding hydrogens is 240 g/mol. The first-order chi connectivity index (χ1) is 8.94. The Morgan fingerprint density at radius 1 is 1.47 bits per heavy atom. The van der Waals surface area contributed by atoms with E-state index in [-0.39, 0.29) is 5.91 Å². The molecule has 5 nitrogen and oxygen atoms in total. The smallest absolute Gasteiger partial charge is 0.230 e. The van der Waals surface area contributed by atoms with Crippen LogP contribution in [0.1, 0.15) is 20.3 Å². The maximum Gasteiger partial charge on any atom is 0.230 e. The Balaban J connectivity index is 2.19. The number of amides is 1. The monoisotopic (exact) mass is 260 g/mol. The maximum absolute atomic E-state index is 12.2. The largest absolute Gasteiger partial charge is 0.334 e. The van der Waals surface area contributed by atoms with Gasteiger partial charge in [0.05, 0.1) is 17.4 Å². The number of imidazole rings is 1. The van der Waals surface area contributed by atoms with Crippen molar-refractivity contribution in [1.29, 1.82) is 0 Å². The van der Waals surface area contributed by atoms with Gasteiger partial charge in [0.25, 0.3) is 0 Å². The molecule has 0 fully saturated rings. The number of carbonyl (C=O) groups excluding carboxylic acids is 1. The summed E-state index contributed by atoms with van der Waals surface area (Å²) in [4.78, 5) is 16.4. The Kier molecular flexibility index (Phi) is 3.57. The summed E-state index contributed by atoms with van der Waals surface area (Å²) in [6.07, 6.45) is 2.42. The third-order valence-electron chi connectivity index (χ3n) is 3.37. The summed E-state index contributed by atoms with van der Waals surface area (Å²) in [5, 5.41) is 2.92. The van der Waals surface area contributed by atoms with Gasteiger partial charge >= 0.3 is 0 Å². The summed E-state index contributed by atoms with van der Waals surface area (Å²) in [7, 11) is 1.94. The minimum Gasteiger partial charge on any atom is -0.334 e. The highest BCUT2D eigenvalue weighted by Crippen LogP contribution is 2.23. The van der Waals surface area contributed by atoms with Crippen LogP contribution in [0.15, 0.2) is 24.5 Å². The predicted octanol–water partition coefficient (Wildman–Crippen LogP) is 1.89. The summed E-state index contributed by atoms with van der Waals surface area (Å²) in [5.74, 6) is -0.0202. The molecule has 1 aromatic heterocycles. The zero-order chi connectivity index (χ0) is 14.0. The Labute approximate surface area is 112 Å². The molecule has 0 aliphatic rings. The van der Waals surface area contributed by atoms with Crippen LogP contribution in [0.2, 0.25) is 0 Å². The van der Waals surface area contributed by atoms with Gasteiger partial charge in [0.2, 0.25) is 5.91 Å². The number of nitrogens with one attached hydrogen (secondary N) is 1. The Hall–Kier alpha value is -1.88. The number of hydrogen-bond acceptors (Lipinski definition) is 3. The van der Waals surface area contributed by atoms with E-state index < -0.39 is 5.41 Å². The second kappa shape index (κ2) is 5.01. The molecule has 0 bridgehead atoms. The van der Waals surface area contributed by atoms with Gasteiger partial charge < -0.3 is 15.6 Å². The number of aryl methyl sites for hydroxylation is 1. The fourth-order valence-corrected chi connectivity index (χ4v) is 1.99. The number of aromatic nitrogens is 2. The van der Waals surface area contributed by atoms with E-state index in [0.717, 1.165) is 16.7 Å². The minimum absolute atomic E-state index is 0.0202. The third-order valence-corrected chi connectivity index (χ3v) is 3.37. The minimum atomic E-state index is -0.464. The zero-order valence-electron chi connectivity index (χ0n) is 11.6. The summed E-state index contributed by atoms with van der Waals surface area (Å²) in [6, 6.07) is 5.72. The standard InChI is InChI=1S/C14H20N4O/c1-14(2,6-7-15)13(19)17-10-4-5-12-11(8-10)16-9-18(12)3/h4-5,8-9H,6-7,15H2,1-3H3,(H,17,19). The molecule has 0 saturated carbocycles. The molecule has 19 heavy (non-hydrogen) atoms. The maximum atomic E-state index is 12.2. The van der Waals surface area contributed by atoms with E-state index in [1.807, 2.05) is 43.7 Å². The number of benzene rings is 1. The summed E-state index contributed by atoms with van der Waals surface area (Å²) in [6.45, 7) is 4.29. The van der Waals surface area contributed by atoms with E-state index >= 15 is 0 Å². The van der Waals surface area contributed by atoms with Crippen LogP contribution in [0.5, 0.6) is 0 Å². The zero-order valence-corrected chi connectivity index (χ0v) is 11.6. The highest BCUT2D eigenvalue weighted by molar-refractivity contribution is 5.96. The van der Waals surface area contributed by atoms with Gasteiger partial charge in [0.1, 0.15) is 0 Å². The van der Waals surface area contributed by atoms with Crippen molar-refractivity contribution in [2.75, 3.05) is 11.9 Å². The van der Waals surface area contributed by atoms with Crippen LogP contribution < -0.4 is 11.1 Å². The van der Waals surface area contributed by atoms with E-state index in [1.54, 1.807) is 6.33 Å². The normalized spacial score (nSPS) is 11.8. The van der Waals surface area contributed by atoms with Gasteiger partial charge in [0.15, 0.2) is 0 Å². The van der Waals surface area contributed by atoms with Crippen molar-refractivity contribution in [3.63, 3.8) is 0 Å². The van der Waals surface area contributed by atoms with Gasteiger partial charge in [0, 0.05) is 18.2 Å². The molecule has 0 unspecified atom stereocenters. The molecule has 0 saturated heterocycles. The van der Waals surface area contributed by atoms with Crippen LogP contribution in [0, 0.1) is 5.41 Å². The van der Waals surface area contributed by atoms with Crippen LogP contribution in [0.4, 0.5) is 5.69 Å². The van der Waals surface area contributed by atoms with Crippen molar-refractivity contribution in [3.05, 3.63) is 24.5 Å². The van der Waals surface area contributed by atoms with E-state index in [1.165, 1.54) is 0 Å². The van der Waals surface area contributed by atoms with Gasteiger partial charge in [-0.25, -0.2) is 4.98 Å². The molecule has 0 aliphatic heterocycles. The van der Waals surface area contributed by atoms with Crippen LogP contribution in [0.25, 0.3) is 11.0 Å². The number of hydrogen-bond donors (Lipinski definition) is 2. The lowest BCUT2D eigenvalue weighted by atomic mass is 9.88. The molecule has 0 spiro atoms. The topological polar surface area (TPSA) is 72.9 Å². The van der Waals surface area contributed by atoms with Crippen molar-refractivity contribution in [3.8, 4) is 0 Å². The van der Waals surface area contributed by atoms with Crippen molar-refractivity contribution in [2.45, 2.75) is 20.3 Å². The second-order valence-electron chi connectivity index (χ2n) is 5.44. The number of fused-ring (bicyclic) bond motifs is 1. The van der Waals surface area contributed by atoms with E-state index in [9.17, 15) is 4.79 Å². The van der Waals surface area contributed by atoms with Crippen molar-refractivity contribution < 1.29 is 4.79 Å². The first kappa shape index (κ1) is 13.5. The molecule has 2 aromatic rings. The molecule has 102 valence electrons. The van der Waals surface area contributed by atoms with Gasteiger partial charge in [-0.1, -0.05) is 13.8 Å². The molecule has 2 rings (SSSR count). The third kappa shape index (κ3) is 2.76. The van der Waals surface area contributed by atoms with Crippen molar-refractivity contribution in [1.82, 2.24) is 9.55 Å². The molecule has 1 heterocycles. The molecular formula is C14H20N4O. The van der Waals surface area contributed by atoms with E-state index in [0.29, 0.717) is 13.0 Å². The lowest BCUT2D eigenvalue weighted by Gasteiger charge is -2.22. The molecule has 5 heteroatoms. The van der Waals surface area contributed by atoms with Crippen molar-refractivity contribution in [2.24, 2.45) is 18.2 Å². The first-order valence-electron chi connectivity index (χ1n) is 6.36. The summed E-state index contributed by atoms with van der Waals surface area (Å²) < 4.78 is 1.94. The van der Waals surface area contributed by atoms with Gasteiger partial charge in [-0.3, -0.25) is 4.79 Å². The predicted molar refractivity (Wildman–Crippen MR) is 76.8 cm³/mol. The fourth-order valence-electron chi connectivity index (χ4n) is 1.99. The average Bonchev–Trinajstić information content (AvgIpc) is 2.70. The van der Waals surface area contributed by atoms with Gasteiger partial charge in [-0.05, 0) is 31.2 Å². The highest BCUT2D eigenvalue weighted by Gasteiger charge is 2.26. The number of nitrogens with zero attached hydrogens (tertiary/aromatic N) is 2. The van der Waals surface area contributed by atoms with Crippen LogP contribution >= 0.6 is 0 Å². The first-order valence-corrected chi connectivity index (χ1v) is 6.36. The summed E-state index contributed by atoms with van der Waals surface area (Å²) in [5.41, 5.74) is 7.74. The number of nitrogens with two attached hydrogens (primary N) is 1. The SMILES string of the molecule is Cn1cnc2cc(NC(=O)C(C)(C)CCN)ccc21. The molecule has 0 aliphatic carbocycles. The number of anilines is 1. The molecule has 0 radical (unpaired) electrons. The molecule has 0 atom stereocenters. The lowest BCUT2D eigenvalue weighted by Crippen LogP contribution is -2.32. The molecule has 1 aromatic carbocycles. The Bertz CT molecular complexity index is 601. The lowest BCUT2D eigenvalue weighted by molar-refractivity contribution is -0.124. The number of carbonyl (C=O) groups is 1. The van der Waals surface area contributed by atoms with Gasteiger partial charge in [-0.15, -0.1) is 0 Å².